The second kappa shape index (κ2) is 9.37. The summed E-state index contributed by atoms with van der Waals surface area (Å²) in [5.41, 5.74) is 5.37. The number of thioether (sulfide) groups is 1. The quantitative estimate of drug-likeness (QED) is 0.452. The molecule has 13 heteroatoms. The number of aliphatic hydroxyl groups is 1. The topological polar surface area (TPSA) is 122 Å². The Morgan fingerprint density at radius 3 is 2.70 bits per heavy atom. The monoisotopic (exact) mass is 463 g/mol. The first kappa shape index (κ1) is 22.6. The second-order valence-corrected chi connectivity index (χ2v) is 9.10. The van der Waals surface area contributed by atoms with E-state index in [2.05, 4.69) is 20.6 Å². The van der Waals surface area contributed by atoms with Gasteiger partial charge in [-0.05, 0) is 6.08 Å². The van der Waals surface area contributed by atoms with Crippen molar-refractivity contribution in [2.45, 2.75) is 11.6 Å². The van der Waals surface area contributed by atoms with E-state index in [1.165, 1.54) is 19.5 Å². The van der Waals surface area contributed by atoms with Crippen molar-refractivity contribution in [1.82, 2.24) is 15.3 Å². The lowest BCUT2D eigenvalue weighted by Gasteiger charge is -2.27. The van der Waals surface area contributed by atoms with E-state index in [1.54, 1.807) is 0 Å². The lowest BCUT2D eigenvalue weighted by Crippen LogP contribution is -2.33. The predicted molar refractivity (Wildman–Crippen MR) is 109 cm³/mol. The number of allylic oxidation sites excluding steroid dienone is 2. The molecule has 2 atom stereocenters. The van der Waals surface area contributed by atoms with Crippen molar-refractivity contribution in [2.75, 3.05) is 37.9 Å². The summed E-state index contributed by atoms with van der Waals surface area (Å²) in [4.78, 5) is 8.08. The van der Waals surface area contributed by atoms with Crippen LogP contribution in [0.15, 0.2) is 39.6 Å². The number of nitrogens with zero attached hydrogens (tertiary/aromatic N) is 2. The number of aromatic nitrogens is 2. The maximum atomic E-state index is 13.8. The molecule has 3 heterocycles. The number of rotatable bonds is 8. The minimum atomic E-state index is -4.65. The van der Waals surface area contributed by atoms with Crippen LogP contribution >= 0.6 is 11.8 Å². The summed E-state index contributed by atoms with van der Waals surface area (Å²) in [6.45, 7) is 0.337. The lowest BCUT2D eigenvalue weighted by atomic mass is 9.99. The molecule has 1 aromatic heterocycles. The average molecular weight is 464 g/mol. The van der Waals surface area contributed by atoms with Gasteiger partial charge < -0.3 is 26.2 Å². The Kier molecular flexibility index (Phi) is 7.06. The summed E-state index contributed by atoms with van der Waals surface area (Å²) in [5, 5.41) is 13.7. The number of dihydropyridines is 1. The fourth-order valence-corrected chi connectivity index (χ4v) is 5.66. The van der Waals surface area contributed by atoms with Gasteiger partial charge in [-0.25, -0.2) is 9.97 Å². The molecule has 0 saturated heterocycles. The summed E-state index contributed by atoms with van der Waals surface area (Å²) in [6, 6.07) is 0. The number of alkyl halides is 3. The minimum Gasteiger partial charge on any atom is -0.397 e. The first-order valence-electron chi connectivity index (χ1n) is 8.77. The first-order valence-corrected chi connectivity index (χ1v) is 11.0. The minimum absolute atomic E-state index is 0.109. The van der Waals surface area contributed by atoms with Gasteiger partial charge in [0.1, 0.15) is 5.37 Å². The molecule has 8 nitrogen and oxygen atoms in total. The molecule has 0 saturated carbocycles. The zero-order chi connectivity index (χ0) is 21.9. The van der Waals surface area contributed by atoms with Gasteiger partial charge in [-0.15, -0.1) is 0 Å². The van der Waals surface area contributed by atoms with Crippen LogP contribution < -0.4 is 16.4 Å². The van der Waals surface area contributed by atoms with E-state index in [1.807, 2.05) is 0 Å². The standard InChI is InChI=1S/C17H20F3N5O3S2/c1-28-4-5-30(27)15-13(21)12-10(17(18,19)20)6-11(25-14(12)29-15)9-7-23-16(24-8-9)22-2-3-26/h6-8,14,25-26H,2-5,21H2,1H3,(H,22,23,24). The van der Waals surface area contributed by atoms with Gasteiger partial charge in [-0.3, -0.25) is 4.21 Å². The van der Waals surface area contributed by atoms with E-state index in [9.17, 15) is 17.4 Å². The molecule has 3 rings (SSSR count). The highest BCUT2D eigenvalue weighted by molar-refractivity contribution is 8.17. The van der Waals surface area contributed by atoms with Crippen LogP contribution in [0.5, 0.6) is 0 Å². The molecule has 0 radical (unpaired) electrons. The van der Waals surface area contributed by atoms with Gasteiger partial charge in [-0.1, -0.05) is 11.8 Å². The molecule has 0 amide bonds. The molecule has 0 aliphatic carbocycles. The van der Waals surface area contributed by atoms with E-state index in [4.69, 9.17) is 15.6 Å². The van der Waals surface area contributed by atoms with Crippen LogP contribution in [0.2, 0.25) is 0 Å². The molecular weight excluding hydrogens is 443 g/mol. The third-order valence-electron chi connectivity index (χ3n) is 4.21. The van der Waals surface area contributed by atoms with E-state index in [0.29, 0.717) is 5.56 Å². The van der Waals surface area contributed by atoms with Crippen molar-refractivity contribution in [3.05, 3.63) is 45.1 Å². The van der Waals surface area contributed by atoms with Crippen LogP contribution in [0.1, 0.15) is 5.56 Å². The van der Waals surface area contributed by atoms with Crippen LogP contribution in [0.3, 0.4) is 0 Å². The Hall–Kier alpha value is -2.09. The van der Waals surface area contributed by atoms with Gasteiger partial charge in [0.05, 0.1) is 45.3 Å². The van der Waals surface area contributed by atoms with Crippen LogP contribution in [0, 0.1) is 0 Å². The fraction of sp³-hybridized carbons (Fsp3) is 0.412. The van der Waals surface area contributed by atoms with E-state index >= 15 is 0 Å². The van der Waals surface area contributed by atoms with Crippen LogP contribution in [0.25, 0.3) is 5.70 Å². The summed E-state index contributed by atoms with van der Waals surface area (Å²) < 4.78 is 59.0. The molecule has 1 aromatic rings. The summed E-state index contributed by atoms with van der Waals surface area (Å²) in [7, 11) is -0.122. The van der Waals surface area contributed by atoms with Gasteiger partial charge in [0.25, 0.3) is 0 Å². The van der Waals surface area contributed by atoms with Crippen LogP contribution in [-0.2, 0) is 15.5 Å². The third kappa shape index (κ3) is 4.79. The zero-order valence-corrected chi connectivity index (χ0v) is 17.5. The zero-order valence-electron chi connectivity index (χ0n) is 15.8. The SMILES string of the molecule is COCCS(=O)C1=C(N)C2=C(C(F)(F)F)C=C(c3cnc(NCCO)nc3)NC2S1. The number of anilines is 1. The molecule has 0 aromatic carbocycles. The molecule has 5 N–H and O–H groups in total. The number of nitrogens with two attached hydrogens (primary N) is 1. The smallest absolute Gasteiger partial charge is 0.397 e. The van der Waals surface area contributed by atoms with Crippen LogP contribution in [-0.4, -0.2) is 63.5 Å². The van der Waals surface area contributed by atoms with E-state index < -0.39 is 27.9 Å². The van der Waals surface area contributed by atoms with Gasteiger partial charge in [0, 0.05) is 42.9 Å². The Bertz CT molecular complexity index is 916. The van der Waals surface area contributed by atoms with Crippen molar-refractivity contribution in [2.24, 2.45) is 5.73 Å². The van der Waals surface area contributed by atoms with Crippen molar-refractivity contribution < 1.29 is 27.2 Å². The molecule has 30 heavy (non-hydrogen) atoms. The second-order valence-electron chi connectivity index (χ2n) is 6.21. The average Bonchev–Trinajstić information content (AvgIpc) is 3.06. The van der Waals surface area contributed by atoms with Crippen molar-refractivity contribution >= 4 is 34.2 Å². The third-order valence-corrected chi connectivity index (χ3v) is 7.25. The molecule has 2 aliphatic rings. The highest BCUT2D eigenvalue weighted by atomic mass is 32.2. The number of nitrogens with one attached hydrogen (secondary N) is 2. The summed E-state index contributed by atoms with van der Waals surface area (Å²) >= 11 is 1.00. The molecule has 2 aliphatic heterocycles. The van der Waals surface area contributed by atoms with Gasteiger partial charge in [0.2, 0.25) is 5.95 Å². The Morgan fingerprint density at radius 2 is 2.10 bits per heavy atom. The van der Waals surface area contributed by atoms with Gasteiger partial charge >= 0.3 is 6.18 Å². The number of ether oxygens (including phenoxy) is 1. The molecule has 2 unspecified atom stereocenters. The number of methoxy groups -OCH3 is 1. The largest absolute Gasteiger partial charge is 0.416 e. The summed E-state index contributed by atoms with van der Waals surface area (Å²) in [6.07, 6.45) is -0.948. The Morgan fingerprint density at radius 1 is 1.40 bits per heavy atom. The molecular formula is C17H20F3N5O3S2. The number of aliphatic hydroxyl groups excluding tert-OH is 1. The Labute approximate surface area is 177 Å². The highest BCUT2D eigenvalue weighted by Crippen LogP contribution is 2.48. The van der Waals surface area contributed by atoms with Gasteiger partial charge in [-0.2, -0.15) is 13.2 Å². The Balaban J connectivity index is 1.95. The highest BCUT2D eigenvalue weighted by Gasteiger charge is 2.44. The van der Waals surface area contributed by atoms with Gasteiger partial charge in [0.15, 0.2) is 0 Å². The fourth-order valence-electron chi connectivity index (χ4n) is 2.83. The maximum Gasteiger partial charge on any atom is 0.416 e. The molecule has 0 fully saturated rings. The number of hydrogen-bond acceptors (Lipinski definition) is 9. The van der Waals surface area contributed by atoms with E-state index in [0.717, 1.165) is 17.8 Å². The lowest BCUT2D eigenvalue weighted by molar-refractivity contribution is -0.0891. The summed E-state index contributed by atoms with van der Waals surface area (Å²) in [5.74, 6) is 0.380. The van der Waals surface area contributed by atoms with Crippen molar-refractivity contribution in [1.29, 1.82) is 0 Å². The number of halogens is 3. The van der Waals surface area contributed by atoms with E-state index in [-0.39, 0.29) is 52.7 Å². The first-order chi connectivity index (χ1) is 14.3. The van der Waals surface area contributed by atoms with Crippen molar-refractivity contribution in [3.8, 4) is 0 Å². The normalized spacial score (nSPS) is 20.0. The molecule has 0 bridgehead atoms. The molecule has 0 spiro atoms. The molecule has 164 valence electrons. The van der Waals surface area contributed by atoms with Crippen molar-refractivity contribution in [3.63, 3.8) is 0 Å². The van der Waals surface area contributed by atoms with Crippen LogP contribution in [0.4, 0.5) is 19.1 Å². The number of fused-ring (bicyclic) bond motifs is 1. The predicted octanol–water partition coefficient (Wildman–Crippen LogP) is 1.28. The number of hydrogen-bond donors (Lipinski definition) is 4. The maximum absolute atomic E-state index is 13.8.